The fraction of sp³-hybridized carbons (Fsp3) is 0.235. The monoisotopic (exact) mass is 361 g/mol. The number of hydrogen-bond acceptors (Lipinski definition) is 5. The number of ether oxygens (including phenoxy) is 1. The average Bonchev–Trinajstić information content (AvgIpc) is 2.64. The summed E-state index contributed by atoms with van der Waals surface area (Å²) >= 11 is 0. The molecule has 1 aliphatic rings. The molecular formula is C17H19N3O4S. The first-order valence-corrected chi connectivity index (χ1v) is 9.26. The highest BCUT2D eigenvalue weighted by molar-refractivity contribution is 7.89. The van der Waals surface area contributed by atoms with Crippen molar-refractivity contribution >= 4 is 27.3 Å². The van der Waals surface area contributed by atoms with Gasteiger partial charge in [0.1, 0.15) is 0 Å². The van der Waals surface area contributed by atoms with Gasteiger partial charge in [-0.05, 0) is 48.5 Å². The molecule has 7 nitrogen and oxygen atoms in total. The molecular weight excluding hydrogens is 342 g/mol. The van der Waals surface area contributed by atoms with E-state index in [1.807, 2.05) is 0 Å². The quantitative estimate of drug-likeness (QED) is 0.805. The average molecular weight is 361 g/mol. The van der Waals surface area contributed by atoms with Gasteiger partial charge in [-0.15, -0.1) is 0 Å². The molecule has 2 aromatic carbocycles. The van der Waals surface area contributed by atoms with Gasteiger partial charge in [-0.2, -0.15) is 4.31 Å². The van der Waals surface area contributed by atoms with E-state index in [4.69, 9.17) is 10.5 Å². The fourth-order valence-electron chi connectivity index (χ4n) is 2.48. The molecule has 0 aromatic heterocycles. The van der Waals surface area contributed by atoms with E-state index in [1.165, 1.54) is 28.6 Å². The van der Waals surface area contributed by atoms with Crippen LogP contribution in [0.5, 0.6) is 0 Å². The third kappa shape index (κ3) is 3.98. The second-order valence-corrected chi connectivity index (χ2v) is 7.55. The largest absolute Gasteiger partial charge is 0.399 e. The lowest BCUT2D eigenvalue weighted by Crippen LogP contribution is -2.40. The van der Waals surface area contributed by atoms with Gasteiger partial charge in [-0.25, -0.2) is 8.42 Å². The Morgan fingerprint density at radius 2 is 1.60 bits per heavy atom. The van der Waals surface area contributed by atoms with Crippen molar-refractivity contribution in [2.45, 2.75) is 4.90 Å². The number of morpholine rings is 1. The van der Waals surface area contributed by atoms with E-state index in [0.29, 0.717) is 43.2 Å². The predicted octanol–water partition coefficient (Wildman–Crippen LogP) is 1.54. The minimum absolute atomic E-state index is 0.165. The Labute approximate surface area is 146 Å². The van der Waals surface area contributed by atoms with E-state index in [9.17, 15) is 13.2 Å². The van der Waals surface area contributed by atoms with Gasteiger partial charge in [0.15, 0.2) is 0 Å². The Balaban J connectivity index is 1.73. The van der Waals surface area contributed by atoms with E-state index in [2.05, 4.69) is 5.32 Å². The number of rotatable bonds is 4. The van der Waals surface area contributed by atoms with Crippen LogP contribution in [0.4, 0.5) is 11.4 Å². The summed E-state index contributed by atoms with van der Waals surface area (Å²) in [5.41, 5.74) is 7.20. The number of carbonyl (C=O) groups is 1. The van der Waals surface area contributed by atoms with Crippen LogP contribution in [0.25, 0.3) is 0 Å². The van der Waals surface area contributed by atoms with Crippen molar-refractivity contribution in [2.75, 3.05) is 37.4 Å². The molecule has 0 radical (unpaired) electrons. The third-order valence-electron chi connectivity index (χ3n) is 3.89. The summed E-state index contributed by atoms with van der Waals surface area (Å²) in [7, 11) is -3.56. The minimum atomic E-state index is -3.56. The van der Waals surface area contributed by atoms with Gasteiger partial charge in [-0.1, -0.05) is 0 Å². The molecule has 1 heterocycles. The number of nitrogen functional groups attached to an aromatic ring is 1. The molecule has 2 aromatic rings. The lowest BCUT2D eigenvalue weighted by atomic mass is 10.2. The first kappa shape index (κ1) is 17.4. The first-order valence-electron chi connectivity index (χ1n) is 7.82. The molecule has 0 aliphatic carbocycles. The molecule has 1 fully saturated rings. The molecule has 3 N–H and O–H groups in total. The lowest BCUT2D eigenvalue weighted by Gasteiger charge is -2.26. The van der Waals surface area contributed by atoms with E-state index < -0.39 is 10.0 Å². The standard InChI is InChI=1S/C17H19N3O4S/c18-14-3-5-15(6-4-14)19-17(21)13-1-7-16(8-2-13)25(22,23)20-9-11-24-12-10-20/h1-8H,9-12,18H2,(H,19,21). The highest BCUT2D eigenvalue weighted by atomic mass is 32.2. The minimum Gasteiger partial charge on any atom is -0.399 e. The van der Waals surface area contributed by atoms with E-state index in [-0.39, 0.29) is 10.8 Å². The summed E-state index contributed by atoms with van der Waals surface area (Å²) in [6, 6.07) is 12.7. The molecule has 0 bridgehead atoms. The van der Waals surface area contributed by atoms with Crippen LogP contribution in [0.3, 0.4) is 0 Å². The molecule has 0 atom stereocenters. The summed E-state index contributed by atoms with van der Waals surface area (Å²) in [6.45, 7) is 1.45. The van der Waals surface area contributed by atoms with Crippen molar-refractivity contribution in [3.63, 3.8) is 0 Å². The van der Waals surface area contributed by atoms with Crippen LogP contribution in [-0.4, -0.2) is 44.9 Å². The van der Waals surface area contributed by atoms with E-state index in [1.54, 1.807) is 24.3 Å². The number of benzene rings is 2. The second-order valence-electron chi connectivity index (χ2n) is 5.62. The molecule has 1 amide bonds. The molecule has 1 aliphatic heterocycles. The smallest absolute Gasteiger partial charge is 0.255 e. The predicted molar refractivity (Wildman–Crippen MR) is 94.8 cm³/mol. The third-order valence-corrected chi connectivity index (χ3v) is 5.81. The van der Waals surface area contributed by atoms with Crippen molar-refractivity contribution in [1.29, 1.82) is 0 Å². The van der Waals surface area contributed by atoms with E-state index >= 15 is 0 Å². The highest BCUT2D eigenvalue weighted by Gasteiger charge is 2.26. The van der Waals surface area contributed by atoms with Gasteiger partial charge >= 0.3 is 0 Å². The number of amides is 1. The number of hydrogen-bond donors (Lipinski definition) is 2. The molecule has 0 unspecified atom stereocenters. The maximum atomic E-state index is 12.5. The molecule has 1 saturated heterocycles. The summed E-state index contributed by atoms with van der Waals surface area (Å²) < 4.78 is 31.7. The number of carbonyl (C=O) groups excluding carboxylic acids is 1. The zero-order valence-electron chi connectivity index (χ0n) is 13.5. The van der Waals surface area contributed by atoms with Crippen molar-refractivity contribution in [2.24, 2.45) is 0 Å². The van der Waals surface area contributed by atoms with Crippen molar-refractivity contribution in [1.82, 2.24) is 4.31 Å². The SMILES string of the molecule is Nc1ccc(NC(=O)c2ccc(S(=O)(=O)N3CCOCC3)cc2)cc1. The molecule has 0 spiro atoms. The zero-order valence-corrected chi connectivity index (χ0v) is 14.3. The Hall–Kier alpha value is -2.42. The van der Waals surface area contributed by atoms with Crippen LogP contribution in [0.1, 0.15) is 10.4 Å². The highest BCUT2D eigenvalue weighted by Crippen LogP contribution is 2.18. The number of nitrogens with one attached hydrogen (secondary N) is 1. The fourth-order valence-corrected chi connectivity index (χ4v) is 3.89. The van der Waals surface area contributed by atoms with Crippen LogP contribution in [-0.2, 0) is 14.8 Å². The topological polar surface area (TPSA) is 102 Å². The Kier molecular flexibility index (Phi) is 5.03. The van der Waals surface area contributed by atoms with Crippen molar-refractivity contribution in [3.8, 4) is 0 Å². The van der Waals surface area contributed by atoms with Gasteiger partial charge in [0.05, 0.1) is 18.1 Å². The van der Waals surface area contributed by atoms with E-state index in [0.717, 1.165) is 0 Å². The Morgan fingerprint density at radius 3 is 2.20 bits per heavy atom. The molecule has 132 valence electrons. The first-order chi connectivity index (χ1) is 12.0. The van der Waals surface area contributed by atoms with Crippen LogP contribution < -0.4 is 11.1 Å². The number of nitrogens with zero attached hydrogens (tertiary/aromatic N) is 1. The summed E-state index contributed by atoms with van der Waals surface area (Å²) in [4.78, 5) is 12.4. The molecule has 3 rings (SSSR count). The lowest BCUT2D eigenvalue weighted by molar-refractivity contribution is 0.0730. The summed E-state index contributed by atoms with van der Waals surface area (Å²) in [6.07, 6.45) is 0. The van der Waals surface area contributed by atoms with Crippen LogP contribution in [0.2, 0.25) is 0 Å². The normalized spacial score (nSPS) is 15.7. The number of sulfonamides is 1. The Bertz CT molecular complexity index is 842. The van der Waals surface area contributed by atoms with Gasteiger partial charge < -0.3 is 15.8 Å². The molecule has 8 heteroatoms. The van der Waals surface area contributed by atoms with Gasteiger partial charge in [0, 0.05) is 30.0 Å². The van der Waals surface area contributed by atoms with Gasteiger partial charge in [0.25, 0.3) is 5.91 Å². The Morgan fingerprint density at radius 1 is 1.00 bits per heavy atom. The van der Waals surface area contributed by atoms with Gasteiger partial charge in [-0.3, -0.25) is 4.79 Å². The maximum absolute atomic E-state index is 12.5. The number of anilines is 2. The number of nitrogens with two attached hydrogens (primary N) is 1. The second kappa shape index (κ2) is 7.22. The maximum Gasteiger partial charge on any atom is 0.255 e. The molecule has 25 heavy (non-hydrogen) atoms. The van der Waals surface area contributed by atoms with Crippen molar-refractivity contribution < 1.29 is 17.9 Å². The zero-order chi connectivity index (χ0) is 17.9. The van der Waals surface area contributed by atoms with Crippen LogP contribution in [0, 0.1) is 0 Å². The van der Waals surface area contributed by atoms with Crippen LogP contribution >= 0.6 is 0 Å². The van der Waals surface area contributed by atoms with Gasteiger partial charge in [0.2, 0.25) is 10.0 Å². The molecule has 0 saturated carbocycles. The van der Waals surface area contributed by atoms with Crippen LogP contribution in [0.15, 0.2) is 53.4 Å². The van der Waals surface area contributed by atoms with Crippen molar-refractivity contribution in [3.05, 3.63) is 54.1 Å². The summed E-state index contributed by atoms with van der Waals surface area (Å²) in [5, 5.41) is 2.74. The summed E-state index contributed by atoms with van der Waals surface area (Å²) in [5.74, 6) is -0.319.